The Morgan fingerprint density at radius 2 is 1.89 bits per heavy atom. The van der Waals surface area contributed by atoms with E-state index >= 15 is 0 Å². The third-order valence-corrected chi connectivity index (χ3v) is 5.41. The van der Waals surface area contributed by atoms with Crippen LogP contribution in [0.3, 0.4) is 0 Å². The molecule has 0 aliphatic rings. The molecule has 0 amide bonds. The molecule has 178 valence electrons. The van der Waals surface area contributed by atoms with Gasteiger partial charge < -0.3 is 24.0 Å². The van der Waals surface area contributed by atoms with Gasteiger partial charge in [0.05, 0.1) is 12.5 Å². The van der Waals surface area contributed by atoms with Crippen LogP contribution in [0.25, 0.3) is 0 Å². The molecule has 0 unspecified atom stereocenters. The minimum absolute atomic E-state index is 0. The van der Waals surface area contributed by atoms with Gasteiger partial charge in [0.1, 0.15) is 18.1 Å². The molecule has 0 radical (unpaired) electrons. The summed E-state index contributed by atoms with van der Waals surface area (Å²) in [5, 5.41) is 16.7. The molecule has 9 heteroatoms. The van der Waals surface area contributed by atoms with E-state index in [1.807, 2.05) is 55.5 Å². The van der Waals surface area contributed by atoms with Gasteiger partial charge in [0.2, 0.25) is 5.88 Å². The minimum atomic E-state index is -1.23. The van der Waals surface area contributed by atoms with Gasteiger partial charge in [-0.05, 0) is 54.8 Å². The standard InChI is InChI=1S/C27H24ClN3O4.Na/c1-2-34-30-25(20-6-5-7-23(15-20)35-26-8-3-4-13-29-26)18-31-16-21(24(17-31)27(32)33)14-19-9-11-22(28)12-10-19;/h3-13,15-17H,2,14,18H2,1H3,(H,32,33);/q;+1/p-1/b30-25+;. The van der Waals surface area contributed by atoms with E-state index in [1.54, 1.807) is 41.4 Å². The number of carbonyl (C=O) groups excluding carboxylic acids is 1. The first-order chi connectivity index (χ1) is 17.0. The molecule has 2 heterocycles. The van der Waals surface area contributed by atoms with Crippen molar-refractivity contribution >= 4 is 23.3 Å². The molecule has 0 saturated carbocycles. The summed E-state index contributed by atoms with van der Waals surface area (Å²) in [6, 6.07) is 20.1. The molecule has 0 aliphatic heterocycles. The second-order valence-electron chi connectivity index (χ2n) is 7.71. The van der Waals surface area contributed by atoms with Crippen molar-refractivity contribution in [2.75, 3.05) is 6.61 Å². The fraction of sp³-hybridized carbons (Fsp3) is 0.148. The summed E-state index contributed by atoms with van der Waals surface area (Å²) in [5.41, 5.74) is 3.08. The molecular formula is C27H23ClN3NaO4. The van der Waals surface area contributed by atoms with E-state index in [-0.39, 0.29) is 41.7 Å². The van der Waals surface area contributed by atoms with Crippen LogP contribution in [0.15, 0.2) is 90.5 Å². The van der Waals surface area contributed by atoms with Crippen LogP contribution >= 0.6 is 11.6 Å². The zero-order valence-corrected chi connectivity index (χ0v) is 22.8. The topological polar surface area (TPSA) is 88.8 Å². The number of pyridine rings is 1. The van der Waals surface area contributed by atoms with Crippen LogP contribution in [-0.4, -0.2) is 27.8 Å². The summed E-state index contributed by atoms with van der Waals surface area (Å²) in [5.74, 6) is -0.165. The van der Waals surface area contributed by atoms with Crippen molar-refractivity contribution in [2.24, 2.45) is 5.16 Å². The monoisotopic (exact) mass is 511 g/mol. The van der Waals surface area contributed by atoms with Crippen molar-refractivity contribution in [3.05, 3.63) is 113 Å². The summed E-state index contributed by atoms with van der Waals surface area (Å²) in [4.78, 5) is 21.3. The molecule has 0 saturated heterocycles. The van der Waals surface area contributed by atoms with Gasteiger partial charge in [0, 0.05) is 40.8 Å². The normalized spacial score (nSPS) is 11.0. The summed E-state index contributed by atoms with van der Waals surface area (Å²) < 4.78 is 7.61. The number of carboxylic acids is 1. The number of aromatic carboxylic acids is 1. The average molecular weight is 512 g/mol. The fourth-order valence-electron chi connectivity index (χ4n) is 3.55. The quantitative estimate of drug-likeness (QED) is 0.184. The second-order valence-corrected chi connectivity index (χ2v) is 8.15. The Morgan fingerprint density at radius 1 is 1.08 bits per heavy atom. The largest absolute Gasteiger partial charge is 1.00 e. The maximum atomic E-state index is 11.8. The van der Waals surface area contributed by atoms with E-state index in [2.05, 4.69) is 10.1 Å². The SMILES string of the molecule is CCO/N=C(\Cn1cc(Cc2ccc(Cl)cc2)c(C(=O)[O-])c1)c1cccc(Oc2ccccn2)c1.[Na+]. The molecule has 2 aromatic carbocycles. The summed E-state index contributed by atoms with van der Waals surface area (Å²) in [6.07, 6.45) is 5.42. The van der Waals surface area contributed by atoms with E-state index in [0.717, 1.165) is 11.1 Å². The molecule has 7 nitrogen and oxygen atoms in total. The Labute approximate surface area is 236 Å². The van der Waals surface area contributed by atoms with E-state index < -0.39 is 5.97 Å². The molecule has 0 bridgehead atoms. The van der Waals surface area contributed by atoms with Crippen LogP contribution in [0.4, 0.5) is 0 Å². The van der Waals surface area contributed by atoms with E-state index in [4.69, 9.17) is 21.2 Å². The maximum absolute atomic E-state index is 11.8. The van der Waals surface area contributed by atoms with Crippen LogP contribution in [0, 0.1) is 0 Å². The van der Waals surface area contributed by atoms with Crippen molar-refractivity contribution < 1.29 is 49.0 Å². The third kappa shape index (κ3) is 7.45. The number of nitrogens with zero attached hydrogens (tertiary/aromatic N) is 3. The van der Waals surface area contributed by atoms with Gasteiger partial charge in [-0.25, -0.2) is 4.98 Å². The summed E-state index contributed by atoms with van der Waals surface area (Å²) in [6.45, 7) is 2.52. The van der Waals surface area contributed by atoms with Crippen LogP contribution < -0.4 is 39.4 Å². The number of hydrogen-bond donors (Lipinski definition) is 0. The Bertz CT molecular complexity index is 1320. The maximum Gasteiger partial charge on any atom is 1.00 e. The third-order valence-electron chi connectivity index (χ3n) is 5.15. The van der Waals surface area contributed by atoms with Gasteiger partial charge in [-0.3, -0.25) is 0 Å². The number of benzene rings is 2. The first-order valence-electron chi connectivity index (χ1n) is 11.0. The van der Waals surface area contributed by atoms with Gasteiger partial charge >= 0.3 is 29.6 Å². The average Bonchev–Trinajstić information content (AvgIpc) is 3.26. The van der Waals surface area contributed by atoms with Crippen molar-refractivity contribution in [2.45, 2.75) is 19.9 Å². The molecule has 0 N–H and O–H groups in total. The number of ether oxygens (including phenoxy) is 1. The van der Waals surface area contributed by atoms with Crippen LogP contribution in [-0.2, 0) is 17.8 Å². The molecule has 4 rings (SSSR count). The van der Waals surface area contributed by atoms with Crippen LogP contribution in [0.1, 0.15) is 34.0 Å². The molecule has 4 aromatic rings. The van der Waals surface area contributed by atoms with E-state index in [9.17, 15) is 9.90 Å². The number of rotatable bonds is 10. The predicted molar refractivity (Wildman–Crippen MR) is 132 cm³/mol. The van der Waals surface area contributed by atoms with E-state index in [0.29, 0.717) is 41.0 Å². The number of oxime groups is 1. The molecule has 0 aliphatic carbocycles. The van der Waals surface area contributed by atoms with Crippen molar-refractivity contribution in [3.8, 4) is 11.6 Å². The first-order valence-corrected chi connectivity index (χ1v) is 11.4. The molecule has 36 heavy (non-hydrogen) atoms. The first kappa shape index (κ1) is 27.5. The molecule has 0 fully saturated rings. The summed E-state index contributed by atoms with van der Waals surface area (Å²) >= 11 is 5.97. The van der Waals surface area contributed by atoms with Gasteiger partial charge in [-0.2, -0.15) is 0 Å². The Morgan fingerprint density at radius 3 is 2.58 bits per heavy atom. The number of carbonyl (C=O) groups is 1. The number of carboxylic acid groups (broad SMARTS) is 1. The van der Waals surface area contributed by atoms with Crippen LogP contribution in [0.2, 0.25) is 5.02 Å². The zero-order valence-electron chi connectivity index (χ0n) is 20.1. The second kappa shape index (κ2) is 13.3. The van der Waals surface area contributed by atoms with Crippen LogP contribution in [0.5, 0.6) is 11.6 Å². The fourth-order valence-corrected chi connectivity index (χ4v) is 3.68. The van der Waals surface area contributed by atoms with Crippen molar-refractivity contribution in [1.29, 1.82) is 0 Å². The Hall–Kier alpha value is -3.10. The summed E-state index contributed by atoms with van der Waals surface area (Å²) in [7, 11) is 0. The smallest absolute Gasteiger partial charge is 0.545 e. The molecule has 0 atom stereocenters. The van der Waals surface area contributed by atoms with Gasteiger partial charge in [-0.1, -0.05) is 47.1 Å². The van der Waals surface area contributed by atoms with Crippen molar-refractivity contribution in [3.63, 3.8) is 0 Å². The molecule has 2 aromatic heterocycles. The minimum Gasteiger partial charge on any atom is -0.545 e. The predicted octanol–water partition coefficient (Wildman–Crippen LogP) is 1.73. The number of hydrogen-bond acceptors (Lipinski definition) is 6. The molecule has 0 spiro atoms. The number of halogens is 1. The van der Waals surface area contributed by atoms with Crippen molar-refractivity contribution in [1.82, 2.24) is 9.55 Å². The van der Waals surface area contributed by atoms with Gasteiger partial charge in [0.25, 0.3) is 0 Å². The number of aromatic nitrogens is 2. The van der Waals surface area contributed by atoms with Gasteiger partial charge in [-0.15, -0.1) is 0 Å². The Kier molecular flexibility index (Phi) is 10.1. The molecular weight excluding hydrogens is 489 g/mol. The Balaban J connectivity index is 0.00000361. The zero-order chi connectivity index (χ0) is 24.6. The van der Waals surface area contributed by atoms with Gasteiger partial charge in [0.15, 0.2) is 0 Å². The van der Waals surface area contributed by atoms with E-state index in [1.165, 1.54) is 0 Å².